The van der Waals surface area contributed by atoms with E-state index in [-0.39, 0.29) is 23.9 Å². The molecule has 0 spiro atoms. The third-order valence-corrected chi connectivity index (χ3v) is 4.25. The first kappa shape index (κ1) is 12.3. The Morgan fingerprint density at radius 1 is 1.41 bits per heavy atom. The van der Waals surface area contributed by atoms with Gasteiger partial charge < -0.3 is 4.74 Å². The Kier molecular flexibility index (Phi) is 3.35. The Morgan fingerprint density at radius 2 is 2.00 bits per heavy atom. The van der Waals surface area contributed by atoms with Crippen molar-refractivity contribution in [2.75, 3.05) is 13.2 Å². The minimum Gasteiger partial charge on any atom is -0.466 e. The zero-order valence-electron chi connectivity index (χ0n) is 10.2. The molecule has 0 radical (unpaired) electrons. The molecule has 0 unspecified atom stereocenters. The van der Waals surface area contributed by atoms with Gasteiger partial charge in [0.25, 0.3) is 0 Å². The van der Waals surface area contributed by atoms with E-state index in [2.05, 4.69) is 0 Å². The molecule has 2 saturated carbocycles. The van der Waals surface area contributed by atoms with E-state index in [1.54, 1.807) is 6.92 Å². The van der Waals surface area contributed by atoms with E-state index < -0.39 is 5.41 Å². The molecule has 17 heavy (non-hydrogen) atoms. The Labute approximate surface area is 101 Å². The highest BCUT2D eigenvalue weighted by atomic mass is 16.6. The number of rotatable bonds is 5. The summed E-state index contributed by atoms with van der Waals surface area (Å²) in [6.45, 7) is 2.02. The highest BCUT2D eigenvalue weighted by Gasteiger charge is 2.52. The third kappa shape index (κ3) is 2.58. The van der Waals surface area contributed by atoms with Gasteiger partial charge in [0.05, 0.1) is 13.0 Å². The van der Waals surface area contributed by atoms with Crippen molar-refractivity contribution in [2.45, 2.75) is 39.0 Å². The lowest BCUT2D eigenvalue weighted by Crippen LogP contribution is -2.31. The van der Waals surface area contributed by atoms with E-state index in [0.29, 0.717) is 18.4 Å². The van der Waals surface area contributed by atoms with Crippen LogP contribution in [0, 0.1) is 27.4 Å². The number of carbonyl (C=O) groups excluding carboxylic acids is 1. The summed E-state index contributed by atoms with van der Waals surface area (Å²) in [6, 6.07) is 0. The van der Waals surface area contributed by atoms with Crippen molar-refractivity contribution in [3.05, 3.63) is 10.1 Å². The maximum atomic E-state index is 11.6. The van der Waals surface area contributed by atoms with Crippen LogP contribution in [0.1, 0.15) is 39.0 Å². The first-order chi connectivity index (χ1) is 8.04. The molecule has 2 fully saturated rings. The third-order valence-electron chi connectivity index (χ3n) is 4.25. The number of ether oxygens (including phenoxy) is 1. The van der Waals surface area contributed by atoms with Crippen molar-refractivity contribution in [3.8, 4) is 0 Å². The number of nitro groups is 1. The van der Waals surface area contributed by atoms with Gasteiger partial charge >= 0.3 is 5.97 Å². The van der Waals surface area contributed by atoms with Gasteiger partial charge in [-0.2, -0.15) is 0 Å². The maximum absolute atomic E-state index is 11.6. The van der Waals surface area contributed by atoms with Crippen LogP contribution < -0.4 is 0 Å². The summed E-state index contributed by atoms with van der Waals surface area (Å²) in [5.41, 5.74) is -0.429. The lowest BCUT2D eigenvalue weighted by molar-refractivity contribution is -0.497. The molecule has 0 N–H and O–H groups in total. The minimum absolute atomic E-state index is 0.0845. The number of fused-ring (bicyclic) bond motifs is 1. The molecule has 2 aliphatic carbocycles. The summed E-state index contributed by atoms with van der Waals surface area (Å²) in [5, 5.41) is 10.8. The quantitative estimate of drug-likeness (QED) is 0.419. The van der Waals surface area contributed by atoms with Crippen molar-refractivity contribution in [2.24, 2.45) is 17.3 Å². The zero-order chi connectivity index (χ0) is 12.5. The summed E-state index contributed by atoms with van der Waals surface area (Å²) in [5.74, 6) is 0.949. The van der Waals surface area contributed by atoms with Crippen LogP contribution in [0.25, 0.3) is 0 Å². The van der Waals surface area contributed by atoms with E-state index in [9.17, 15) is 14.9 Å². The average molecular weight is 241 g/mol. The topological polar surface area (TPSA) is 69.4 Å². The van der Waals surface area contributed by atoms with Gasteiger partial charge in [0.1, 0.15) is 0 Å². The predicted molar refractivity (Wildman–Crippen MR) is 61.0 cm³/mol. The largest absolute Gasteiger partial charge is 0.466 e. The van der Waals surface area contributed by atoms with Gasteiger partial charge in [-0.25, -0.2) is 0 Å². The van der Waals surface area contributed by atoms with Crippen LogP contribution in [0.3, 0.4) is 0 Å². The summed E-state index contributed by atoms with van der Waals surface area (Å²) >= 11 is 0. The Balaban J connectivity index is 2.02. The van der Waals surface area contributed by atoms with Gasteiger partial charge in [0.2, 0.25) is 6.54 Å². The second-order valence-electron chi connectivity index (χ2n) is 5.48. The highest BCUT2D eigenvalue weighted by Crippen LogP contribution is 2.56. The average Bonchev–Trinajstić information content (AvgIpc) is 2.41. The molecular formula is C12H19NO4. The van der Waals surface area contributed by atoms with Gasteiger partial charge in [-0.05, 0) is 44.4 Å². The molecule has 0 aliphatic heterocycles. The molecule has 5 nitrogen and oxygen atoms in total. The monoisotopic (exact) mass is 241 g/mol. The number of nitrogens with zero attached hydrogens (tertiary/aromatic N) is 1. The lowest BCUT2D eigenvalue weighted by atomic mass is 9.77. The zero-order valence-corrected chi connectivity index (χ0v) is 10.2. The fourth-order valence-electron chi connectivity index (χ4n) is 3.49. The molecule has 96 valence electrons. The van der Waals surface area contributed by atoms with Crippen LogP contribution in [-0.4, -0.2) is 24.0 Å². The molecule has 0 amide bonds. The SMILES string of the molecule is CCOC(=O)CC1(C[N+](=O)[O-])C[C@@H]2CC[C@H]2C1. The van der Waals surface area contributed by atoms with E-state index >= 15 is 0 Å². The van der Waals surface area contributed by atoms with Gasteiger partial charge in [0.15, 0.2) is 0 Å². The van der Waals surface area contributed by atoms with Gasteiger partial charge in [-0.1, -0.05) is 0 Å². The second-order valence-corrected chi connectivity index (χ2v) is 5.48. The fraction of sp³-hybridized carbons (Fsp3) is 0.917. The summed E-state index contributed by atoms with van der Waals surface area (Å²) in [6.07, 6.45) is 4.23. The smallest absolute Gasteiger partial charge is 0.306 e. The number of esters is 1. The van der Waals surface area contributed by atoms with Crippen molar-refractivity contribution in [1.29, 1.82) is 0 Å². The molecule has 0 saturated heterocycles. The summed E-state index contributed by atoms with van der Waals surface area (Å²) in [4.78, 5) is 22.1. The molecule has 2 atom stereocenters. The lowest BCUT2D eigenvalue weighted by Gasteiger charge is -2.29. The summed E-state index contributed by atoms with van der Waals surface area (Å²) in [7, 11) is 0. The Morgan fingerprint density at radius 3 is 2.41 bits per heavy atom. The van der Waals surface area contributed by atoms with E-state index in [0.717, 1.165) is 12.8 Å². The van der Waals surface area contributed by atoms with Crippen molar-refractivity contribution in [1.82, 2.24) is 0 Å². The van der Waals surface area contributed by atoms with Gasteiger partial charge in [-0.15, -0.1) is 0 Å². The standard InChI is InChI=1S/C12H19NO4/c1-2-17-11(14)7-12(8-13(15)16)5-9-3-4-10(9)6-12/h9-10H,2-8H2,1H3/t9-,10-/m0/s1. The number of hydrogen-bond donors (Lipinski definition) is 0. The van der Waals surface area contributed by atoms with Gasteiger partial charge in [0, 0.05) is 10.3 Å². The minimum atomic E-state index is -0.429. The first-order valence-corrected chi connectivity index (χ1v) is 6.32. The predicted octanol–water partition coefficient (Wildman–Crippen LogP) is 2.02. The molecule has 0 heterocycles. The van der Waals surface area contributed by atoms with Crippen molar-refractivity contribution < 1.29 is 14.5 Å². The van der Waals surface area contributed by atoms with Crippen LogP contribution in [0.4, 0.5) is 0 Å². The first-order valence-electron chi connectivity index (χ1n) is 6.32. The van der Waals surface area contributed by atoms with Crippen LogP contribution >= 0.6 is 0 Å². The molecule has 2 aliphatic rings. The highest BCUT2D eigenvalue weighted by molar-refractivity contribution is 5.70. The number of hydrogen-bond acceptors (Lipinski definition) is 4. The Hall–Kier alpha value is -1.13. The van der Waals surface area contributed by atoms with E-state index in [4.69, 9.17) is 4.74 Å². The molecule has 0 aromatic rings. The molecular weight excluding hydrogens is 222 g/mol. The molecule has 0 aromatic carbocycles. The van der Waals surface area contributed by atoms with Crippen molar-refractivity contribution in [3.63, 3.8) is 0 Å². The second kappa shape index (κ2) is 4.63. The molecule has 2 rings (SSSR count). The van der Waals surface area contributed by atoms with Crippen LogP contribution in [-0.2, 0) is 9.53 Å². The van der Waals surface area contributed by atoms with Gasteiger partial charge in [-0.3, -0.25) is 14.9 Å². The number of carbonyl (C=O) groups is 1. The molecule has 0 bridgehead atoms. The van der Waals surface area contributed by atoms with Crippen LogP contribution in [0.2, 0.25) is 0 Å². The van der Waals surface area contributed by atoms with E-state index in [1.165, 1.54) is 12.8 Å². The molecule has 0 aromatic heterocycles. The maximum Gasteiger partial charge on any atom is 0.306 e. The van der Waals surface area contributed by atoms with E-state index in [1.807, 2.05) is 0 Å². The van der Waals surface area contributed by atoms with Crippen LogP contribution in [0.5, 0.6) is 0 Å². The van der Waals surface area contributed by atoms with Crippen LogP contribution in [0.15, 0.2) is 0 Å². The van der Waals surface area contributed by atoms with Crippen molar-refractivity contribution >= 4 is 5.97 Å². The molecule has 5 heteroatoms. The normalized spacial score (nSPS) is 29.2. The summed E-state index contributed by atoms with van der Waals surface area (Å²) < 4.78 is 4.94. The fourth-order valence-corrected chi connectivity index (χ4v) is 3.49. The Bertz CT molecular complexity index is 316.